The van der Waals surface area contributed by atoms with Crippen LogP contribution in [0.25, 0.3) is 11.1 Å². The van der Waals surface area contributed by atoms with Crippen LogP contribution in [0, 0.1) is 0 Å². The summed E-state index contributed by atoms with van der Waals surface area (Å²) in [6.07, 6.45) is 1.37. The van der Waals surface area contributed by atoms with Gasteiger partial charge in [0.15, 0.2) is 0 Å². The van der Waals surface area contributed by atoms with Crippen LogP contribution < -0.4 is 5.73 Å². The lowest BCUT2D eigenvalue weighted by Gasteiger charge is -2.31. The predicted octanol–water partition coefficient (Wildman–Crippen LogP) is 2.86. The molecule has 0 radical (unpaired) electrons. The smallest absolute Gasteiger partial charge is 0.306 e. The van der Waals surface area contributed by atoms with E-state index in [2.05, 4.69) is 35.2 Å². The van der Waals surface area contributed by atoms with Crippen molar-refractivity contribution < 1.29 is 9.53 Å². The highest BCUT2D eigenvalue weighted by Crippen LogP contribution is 2.33. The van der Waals surface area contributed by atoms with Gasteiger partial charge in [-0.1, -0.05) is 36.4 Å². The van der Waals surface area contributed by atoms with Gasteiger partial charge in [-0.05, 0) is 34.7 Å². The molecule has 2 aromatic carbocycles. The number of ether oxygens (including phenoxy) is 1. The van der Waals surface area contributed by atoms with Crippen LogP contribution >= 0.6 is 0 Å². The van der Waals surface area contributed by atoms with E-state index in [1.807, 2.05) is 12.1 Å². The molecule has 4 heteroatoms. The quantitative estimate of drug-likeness (QED) is 0.697. The van der Waals surface area contributed by atoms with Gasteiger partial charge in [-0.3, -0.25) is 9.69 Å². The average Bonchev–Trinajstić information content (AvgIpc) is 2.61. The molecule has 1 heterocycles. The second-order valence-electron chi connectivity index (χ2n) is 5.88. The Bertz CT molecular complexity index is 698. The number of carbonyl (C=O) groups excluding carboxylic acids is 1. The first-order valence-electron chi connectivity index (χ1n) is 7.94. The van der Waals surface area contributed by atoms with Crippen molar-refractivity contribution in [2.45, 2.75) is 19.4 Å². The van der Waals surface area contributed by atoms with Gasteiger partial charge in [0, 0.05) is 25.3 Å². The number of hydrogen-bond donors (Lipinski definition) is 1. The maximum Gasteiger partial charge on any atom is 0.306 e. The molecule has 1 aliphatic rings. The number of esters is 1. The standard InChI is InChI=1S/C19H22N2O2/c1-23-19(22)10-12-21-11-9-16-15(14-5-3-2-4-6-14)7-8-18(20)17(16)13-21/h2-8H,9-13,20H2,1H3. The summed E-state index contributed by atoms with van der Waals surface area (Å²) in [5, 5.41) is 0. The van der Waals surface area contributed by atoms with Crippen LogP contribution in [0.2, 0.25) is 0 Å². The second-order valence-corrected chi connectivity index (χ2v) is 5.88. The van der Waals surface area contributed by atoms with Gasteiger partial charge in [-0.2, -0.15) is 0 Å². The summed E-state index contributed by atoms with van der Waals surface area (Å²) in [4.78, 5) is 13.6. The van der Waals surface area contributed by atoms with Crippen molar-refractivity contribution in [2.75, 3.05) is 25.9 Å². The van der Waals surface area contributed by atoms with Crippen molar-refractivity contribution in [1.29, 1.82) is 0 Å². The topological polar surface area (TPSA) is 55.6 Å². The summed E-state index contributed by atoms with van der Waals surface area (Å²) in [5.74, 6) is -0.165. The van der Waals surface area contributed by atoms with Gasteiger partial charge in [0.1, 0.15) is 0 Å². The summed E-state index contributed by atoms with van der Waals surface area (Å²) in [6, 6.07) is 14.5. The lowest BCUT2D eigenvalue weighted by molar-refractivity contribution is -0.141. The number of nitrogen functional groups attached to an aromatic ring is 1. The number of fused-ring (bicyclic) bond motifs is 1. The number of anilines is 1. The fourth-order valence-corrected chi connectivity index (χ4v) is 3.19. The molecule has 0 aliphatic carbocycles. The second kappa shape index (κ2) is 6.84. The van der Waals surface area contributed by atoms with E-state index in [0.29, 0.717) is 13.0 Å². The van der Waals surface area contributed by atoms with Crippen molar-refractivity contribution in [3.8, 4) is 11.1 Å². The van der Waals surface area contributed by atoms with E-state index in [1.165, 1.54) is 29.4 Å². The van der Waals surface area contributed by atoms with E-state index in [-0.39, 0.29) is 5.97 Å². The van der Waals surface area contributed by atoms with E-state index >= 15 is 0 Å². The number of carbonyl (C=O) groups is 1. The first-order chi connectivity index (χ1) is 11.2. The van der Waals surface area contributed by atoms with Gasteiger partial charge in [0.2, 0.25) is 0 Å². The van der Waals surface area contributed by atoms with Crippen molar-refractivity contribution >= 4 is 11.7 Å². The maximum absolute atomic E-state index is 11.3. The molecule has 23 heavy (non-hydrogen) atoms. The van der Waals surface area contributed by atoms with E-state index in [0.717, 1.165) is 25.2 Å². The number of rotatable bonds is 4. The molecule has 2 aromatic rings. The van der Waals surface area contributed by atoms with E-state index in [1.54, 1.807) is 0 Å². The van der Waals surface area contributed by atoms with Gasteiger partial charge in [-0.25, -0.2) is 0 Å². The van der Waals surface area contributed by atoms with Crippen molar-refractivity contribution in [1.82, 2.24) is 4.90 Å². The monoisotopic (exact) mass is 310 g/mol. The summed E-state index contributed by atoms with van der Waals surface area (Å²) >= 11 is 0. The Morgan fingerprint density at radius 1 is 1.17 bits per heavy atom. The van der Waals surface area contributed by atoms with Crippen molar-refractivity contribution in [2.24, 2.45) is 0 Å². The zero-order valence-electron chi connectivity index (χ0n) is 13.4. The zero-order chi connectivity index (χ0) is 16.2. The van der Waals surface area contributed by atoms with Crippen LogP contribution in [-0.2, 0) is 22.5 Å². The van der Waals surface area contributed by atoms with Crippen LogP contribution in [0.15, 0.2) is 42.5 Å². The fraction of sp³-hybridized carbons (Fsp3) is 0.316. The Balaban J connectivity index is 1.84. The summed E-state index contributed by atoms with van der Waals surface area (Å²) < 4.78 is 4.72. The largest absolute Gasteiger partial charge is 0.469 e. The fourth-order valence-electron chi connectivity index (χ4n) is 3.19. The highest BCUT2D eigenvalue weighted by Gasteiger charge is 2.21. The third kappa shape index (κ3) is 3.37. The molecular weight excluding hydrogens is 288 g/mol. The molecule has 0 saturated heterocycles. The van der Waals surface area contributed by atoms with Gasteiger partial charge in [-0.15, -0.1) is 0 Å². The van der Waals surface area contributed by atoms with E-state index in [9.17, 15) is 4.79 Å². The minimum atomic E-state index is -0.165. The molecule has 0 spiro atoms. The molecular formula is C19H22N2O2. The molecule has 0 aromatic heterocycles. The number of hydrogen-bond acceptors (Lipinski definition) is 4. The minimum absolute atomic E-state index is 0.165. The molecule has 0 saturated carbocycles. The number of nitrogens with zero attached hydrogens (tertiary/aromatic N) is 1. The molecule has 2 N–H and O–H groups in total. The highest BCUT2D eigenvalue weighted by molar-refractivity contribution is 5.73. The number of nitrogens with two attached hydrogens (primary N) is 1. The molecule has 0 bridgehead atoms. The Labute approximate surface area is 136 Å². The third-order valence-electron chi connectivity index (χ3n) is 4.47. The SMILES string of the molecule is COC(=O)CCN1CCc2c(-c3ccccc3)ccc(N)c2C1. The van der Waals surface area contributed by atoms with Gasteiger partial charge < -0.3 is 10.5 Å². The molecule has 120 valence electrons. The normalized spacial score (nSPS) is 14.3. The van der Waals surface area contributed by atoms with Gasteiger partial charge >= 0.3 is 5.97 Å². The maximum atomic E-state index is 11.3. The Morgan fingerprint density at radius 3 is 2.70 bits per heavy atom. The number of benzene rings is 2. The lowest BCUT2D eigenvalue weighted by atomic mass is 9.89. The first kappa shape index (κ1) is 15.6. The van der Waals surface area contributed by atoms with Crippen LogP contribution in [0.3, 0.4) is 0 Å². The summed E-state index contributed by atoms with van der Waals surface area (Å²) in [5.41, 5.74) is 12.1. The Morgan fingerprint density at radius 2 is 1.96 bits per heavy atom. The predicted molar refractivity (Wildman–Crippen MR) is 91.9 cm³/mol. The number of methoxy groups -OCH3 is 1. The van der Waals surface area contributed by atoms with Crippen LogP contribution in [0.4, 0.5) is 5.69 Å². The van der Waals surface area contributed by atoms with Crippen LogP contribution in [0.1, 0.15) is 17.5 Å². The summed E-state index contributed by atoms with van der Waals surface area (Å²) in [6.45, 7) is 2.44. The lowest BCUT2D eigenvalue weighted by Crippen LogP contribution is -2.33. The van der Waals surface area contributed by atoms with Crippen LogP contribution in [0.5, 0.6) is 0 Å². The summed E-state index contributed by atoms with van der Waals surface area (Å²) in [7, 11) is 1.43. The molecule has 3 rings (SSSR count). The molecule has 1 aliphatic heterocycles. The molecule has 0 atom stereocenters. The Kier molecular flexibility index (Phi) is 4.63. The molecule has 0 fully saturated rings. The van der Waals surface area contributed by atoms with Crippen LogP contribution in [-0.4, -0.2) is 31.1 Å². The average molecular weight is 310 g/mol. The third-order valence-corrected chi connectivity index (χ3v) is 4.47. The highest BCUT2D eigenvalue weighted by atomic mass is 16.5. The molecule has 0 unspecified atom stereocenters. The van der Waals surface area contributed by atoms with E-state index in [4.69, 9.17) is 10.5 Å². The van der Waals surface area contributed by atoms with Gasteiger partial charge in [0.05, 0.1) is 13.5 Å². The Hall–Kier alpha value is -2.33. The van der Waals surface area contributed by atoms with E-state index < -0.39 is 0 Å². The van der Waals surface area contributed by atoms with Crippen molar-refractivity contribution in [3.63, 3.8) is 0 Å². The molecule has 4 nitrogen and oxygen atoms in total. The van der Waals surface area contributed by atoms with Crippen molar-refractivity contribution in [3.05, 3.63) is 53.6 Å². The minimum Gasteiger partial charge on any atom is -0.469 e. The zero-order valence-corrected chi connectivity index (χ0v) is 13.4. The first-order valence-corrected chi connectivity index (χ1v) is 7.94. The van der Waals surface area contributed by atoms with Gasteiger partial charge in [0.25, 0.3) is 0 Å². The molecule has 0 amide bonds.